The molecular weight excluding hydrogens is 231 g/mol. The third kappa shape index (κ3) is 2.50. The lowest BCUT2D eigenvalue weighted by Gasteiger charge is -1.99. The van der Waals surface area contributed by atoms with Crippen LogP contribution in [0, 0.1) is 0 Å². The zero-order chi connectivity index (χ0) is 8.27. The van der Waals surface area contributed by atoms with Crippen molar-refractivity contribution in [1.29, 1.82) is 0 Å². The molecular formula is C6H8BrFN2S. The maximum atomic E-state index is 13.0. The van der Waals surface area contributed by atoms with Crippen LogP contribution >= 0.6 is 27.3 Å². The molecule has 1 atom stereocenters. The molecule has 62 valence electrons. The molecule has 11 heavy (non-hydrogen) atoms. The largest absolute Gasteiger partial charge is 0.330 e. The van der Waals surface area contributed by atoms with Crippen molar-refractivity contribution in [1.82, 2.24) is 4.98 Å². The first kappa shape index (κ1) is 9.09. The molecule has 1 heterocycles. The molecule has 0 aromatic carbocycles. The van der Waals surface area contributed by atoms with E-state index in [1.54, 1.807) is 6.20 Å². The van der Waals surface area contributed by atoms with Gasteiger partial charge in [-0.15, -0.1) is 11.3 Å². The molecule has 0 aliphatic carbocycles. The van der Waals surface area contributed by atoms with Gasteiger partial charge in [-0.25, -0.2) is 9.37 Å². The second-order valence-electron chi connectivity index (χ2n) is 2.05. The van der Waals surface area contributed by atoms with Gasteiger partial charge in [0.25, 0.3) is 0 Å². The Labute approximate surface area is 76.8 Å². The Morgan fingerprint density at radius 3 is 3.00 bits per heavy atom. The van der Waals surface area contributed by atoms with Crippen LogP contribution in [0.3, 0.4) is 0 Å². The molecule has 5 heteroatoms. The molecule has 0 bridgehead atoms. The topological polar surface area (TPSA) is 38.9 Å². The van der Waals surface area contributed by atoms with E-state index in [0.717, 1.165) is 3.79 Å². The molecule has 0 aliphatic rings. The summed E-state index contributed by atoms with van der Waals surface area (Å²) in [5.74, 6) is 0. The van der Waals surface area contributed by atoms with Crippen molar-refractivity contribution in [2.24, 2.45) is 5.73 Å². The first-order chi connectivity index (χ1) is 5.24. The van der Waals surface area contributed by atoms with Crippen molar-refractivity contribution in [2.75, 3.05) is 6.54 Å². The Hall–Kier alpha value is -0.0000000000000000833. The Bertz CT molecular complexity index is 228. The van der Waals surface area contributed by atoms with Gasteiger partial charge >= 0.3 is 0 Å². The van der Waals surface area contributed by atoms with Crippen molar-refractivity contribution in [3.05, 3.63) is 15.0 Å². The SMILES string of the molecule is NCCC(F)c1ncc(Br)s1. The van der Waals surface area contributed by atoms with Crippen molar-refractivity contribution >= 4 is 27.3 Å². The van der Waals surface area contributed by atoms with Crippen molar-refractivity contribution in [3.63, 3.8) is 0 Å². The summed E-state index contributed by atoms with van der Waals surface area (Å²) in [5.41, 5.74) is 5.20. The van der Waals surface area contributed by atoms with E-state index in [9.17, 15) is 4.39 Å². The number of hydrogen-bond donors (Lipinski definition) is 1. The molecule has 1 rings (SSSR count). The summed E-state index contributed by atoms with van der Waals surface area (Å²) in [6.45, 7) is 0.359. The van der Waals surface area contributed by atoms with Gasteiger partial charge in [0.1, 0.15) is 5.01 Å². The number of nitrogens with two attached hydrogens (primary N) is 1. The van der Waals surface area contributed by atoms with E-state index < -0.39 is 6.17 Å². The van der Waals surface area contributed by atoms with E-state index in [1.807, 2.05) is 0 Å². The summed E-state index contributed by atoms with van der Waals surface area (Å²) in [4.78, 5) is 3.88. The van der Waals surface area contributed by atoms with Crippen molar-refractivity contribution < 1.29 is 4.39 Å². The fourth-order valence-corrected chi connectivity index (χ4v) is 1.94. The third-order valence-corrected chi connectivity index (χ3v) is 2.74. The van der Waals surface area contributed by atoms with E-state index in [2.05, 4.69) is 20.9 Å². The van der Waals surface area contributed by atoms with Gasteiger partial charge in [0, 0.05) is 0 Å². The summed E-state index contributed by atoms with van der Waals surface area (Å²) < 4.78 is 13.8. The Balaban J connectivity index is 2.60. The third-order valence-electron chi connectivity index (χ3n) is 1.18. The predicted octanol–water partition coefficient (Wildman–Crippen LogP) is 2.27. The normalized spacial score (nSPS) is 13.4. The van der Waals surface area contributed by atoms with Gasteiger partial charge in [-0.3, -0.25) is 0 Å². The quantitative estimate of drug-likeness (QED) is 0.878. The zero-order valence-corrected chi connectivity index (χ0v) is 8.16. The van der Waals surface area contributed by atoms with Crippen LogP contribution in [0.4, 0.5) is 4.39 Å². The average Bonchev–Trinajstić information content (AvgIpc) is 2.36. The van der Waals surface area contributed by atoms with Crippen molar-refractivity contribution in [2.45, 2.75) is 12.6 Å². The summed E-state index contributed by atoms with van der Waals surface area (Å²) in [5, 5.41) is 0.502. The van der Waals surface area contributed by atoms with Crippen LogP contribution in [0.25, 0.3) is 0 Å². The number of thiazole rings is 1. The van der Waals surface area contributed by atoms with Gasteiger partial charge < -0.3 is 5.73 Å². The highest BCUT2D eigenvalue weighted by atomic mass is 79.9. The number of rotatable bonds is 3. The van der Waals surface area contributed by atoms with E-state index in [0.29, 0.717) is 18.0 Å². The first-order valence-corrected chi connectivity index (χ1v) is 4.80. The Morgan fingerprint density at radius 1 is 1.82 bits per heavy atom. The molecule has 0 radical (unpaired) electrons. The van der Waals surface area contributed by atoms with Gasteiger partial charge in [0.05, 0.1) is 9.98 Å². The summed E-state index contributed by atoms with van der Waals surface area (Å²) in [7, 11) is 0. The summed E-state index contributed by atoms with van der Waals surface area (Å²) in [6, 6.07) is 0. The second kappa shape index (κ2) is 4.13. The molecule has 2 nitrogen and oxygen atoms in total. The van der Waals surface area contributed by atoms with Gasteiger partial charge in [-0.05, 0) is 28.9 Å². The van der Waals surface area contributed by atoms with Crippen molar-refractivity contribution in [3.8, 4) is 0 Å². The van der Waals surface area contributed by atoms with Crippen LogP contribution in [0.15, 0.2) is 9.98 Å². The van der Waals surface area contributed by atoms with Crippen LogP contribution in [0.5, 0.6) is 0 Å². The molecule has 0 spiro atoms. The molecule has 0 saturated carbocycles. The fourth-order valence-electron chi connectivity index (χ4n) is 0.682. The Morgan fingerprint density at radius 2 is 2.55 bits per heavy atom. The summed E-state index contributed by atoms with van der Waals surface area (Å²) >= 11 is 4.52. The van der Waals surface area contributed by atoms with E-state index in [1.165, 1.54) is 11.3 Å². The van der Waals surface area contributed by atoms with Gasteiger partial charge in [0.2, 0.25) is 0 Å². The first-order valence-electron chi connectivity index (χ1n) is 3.19. The number of hydrogen-bond acceptors (Lipinski definition) is 3. The van der Waals surface area contributed by atoms with E-state index >= 15 is 0 Å². The molecule has 1 aromatic heterocycles. The van der Waals surface area contributed by atoms with E-state index in [4.69, 9.17) is 5.73 Å². The van der Waals surface area contributed by atoms with E-state index in [-0.39, 0.29) is 0 Å². The van der Waals surface area contributed by atoms with Crippen LogP contribution in [-0.4, -0.2) is 11.5 Å². The highest BCUT2D eigenvalue weighted by Crippen LogP contribution is 2.28. The monoisotopic (exact) mass is 238 g/mol. The number of alkyl halides is 1. The van der Waals surface area contributed by atoms with Gasteiger partial charge in [-0.1, -0.05) is 0 Å². The maximum absolute atomic E-state index is 13.0. The molecule has 0 saturated heterocycles. The van der Waals surface area contributed by atoms with Gasteiger partial charge in [0.15, 0.2) is 6.17 Å². The lowest BCUT2D eigenvalue weighted by Crippen LogP contribution is -2.03. The minimum absolute atomic E-state index is 0.347. The number of halogens is 2. The smallest absolute Gasteiger partial charge is 0.153 e. The zero-order valence-electron chi connectivity index (χ0n) is 5.76. The van der Waals surface area contributed by atoms with Gasteiger partial charge in [-0.2, -0.15) is 0 Å². The maximum Gasteiger partial charge on any atom is 0.153 e. The molecule has 0 aliphatic heterocycles. The minimum atomic E-state index is -1.00. The minimum Gasteiger partial charge on any atom is -0.330 e. The van der Waals surface area contributed by atoms with Crippen LogP contribution in [0.1, 0.15) is 17.6 Å². The average molecular weight is 239 g/mol. The summed E-state index contributed by atoms with van der Waals surface area (Å²) in [6.07, 6.45) is 0.944. The van der Waals surface area contributed by atoms with Crippen LogP contribution in [-0.2, 0) is 0 Å². The molecule has 1 aromatic rings. The molecule has 1 unspecified atom stereocenters. The molecule has 0 fully saturated rings. The molecule has 0 amide bonds. The fraction of sp³-hybridized carbons (Fsp3) is 0.500. The number of nitrogens with zero attached hydrogens (tertiary/aromatic N) is 1. The van der Waals surface area contributed by atoms with Crippen LogP contribution in [0.2, 0.25) is 0 Å². The predicted molar refractivity (Wildman–Crippen MR) is 47.3 cm³/mol. The standard InChI is InChI=1S/C6H8BrFN2S/c7-5-3-10-6(11-5)4(8)1-2-9/h3-4H,1-2,9H2. The lowest BCUT2D eigenvalue weighted by atomic mass is 10.3. The highest BCUT2D eigenvalue weighted by molar-refractivity contribution is 9.11. The van der Waals surface area contributed by atoms with Crippen LogP contribution < -0.4 is 5.73 Å². The lowest BCUT2D eigenvalue weighted by molar-refractivity contribution is 0.326. The Kier molecular flexibility index (Phi) is 3.42. The molecule has 2 N–H and O–H groups in total. The second-order valence-corrected chi connectivity index (χ2v) is 4.49. The highest BCUT2D eigenvalue weighted by Gasteiger charge is 2.12. The number of aromatic nitrogens is 1.